The highest BCUT2D eigenvalue weighted by Gasteiger charge is 2.23. The van der Waals surface area contributed by atoms with Gasteiger partial charge in [-0.3, -0.25) is 14.7 Å². The molecule has 1 atom stereocenters. The lowest BCUT2D eigenvalue weighted by Gasteiger charge is -2.27. The molecule has 29 heavy (non-hydrogen) atoms. The molecule has 7 heteroatoms. The first kappa shape index (κ1) is 23.0. The number of carbonyl (C=O) groups excluding carboxylic acids is 1. The van der Waals surface area contributed by atoms with Crippen molar-refractivity contribution < 1.29 is 9.53 Å². The summed E-state index contributed by atoms with van der Waals surface area (Å²) in [6.07, 6.45) is 3.85. The Labute approximate surface area is 175 Å². The number of methoxy groups -OCH3 is 1. The molecule has 3 N–H and O–H groups in total. The van der Waals surface area contributed by atoms with Crippen molar-refractivity contribution in [2.45, 2.75) is 45.6 Å². The molecule has 1 fully saturated rings. The van der Waals surface area contributed by atoms with Gasteiger partial charge in [-0.05, 0) is 57.0 Å². The topological polar surface area (TPSA) is 78.0 Å². The number of amides is 1. The van der Waals surface area contributed by atoms with E-state index in [0.717, 1.165) is 44.3 Å². The minimum Gasteiger partial charge on any atom is -0.497 e. The van der Waals surface area contributed by atoms with Gasteiger partial charge in [0.15, 0.2) is 5.96 Å². The second-order valence-electron chi connectivity index (χ2n) is 7.28. The van der Waals surface area contributed by atoms with E-state index in [4.69, 9.17) is 9.73 Å². The lowest BCUT2D eigenvalue weighted by atomic mass is 10.1. The summed E-state index contributed by atoms with van der Waals surface area (Å²) in [6, 6.07) is 8.49. The second-order valence-corrected chi connectivity index (χ2v) is 7.28. The normalized spacial score (nSPS) is 15.8. The van der Waals surface area contributed by atoms with E-state index in [-0.39, 0.29) is 11.9 Å². The highest BCUT2D eigenvalue weighted by molar-refractivity contribution is 5.81. The molecule has 0 aromatic heterocycles. The van der Waals surface area contributed by atoms with Crippen molar-refractivity contribution in [1.29, 1.82) is 0 Å². The predicted octanol–water partition coefficient (Wildman–Crippen LogP) is 2.30. The Bertz CT molecular complexity index is 644. The van der Waals surface area contributed by atoms with Crippen LogP contribution in [0.3, 0.4) is 0 Å². The number of aliphatic imine (C=N–C) groups is 1. The highest BCUT2D eigenvalue weighted by atomic mass is 16.5. The summed E-state index contributed by atoms with van der Waals surface area (Å²) in [5.74, 6) is 1.70. The van der Waals surface area contributed by atoms with Gasteiger partial charge < -0.3 is 20.7 Å². The summed E-state index contributed by atoms with van der Waals surface area (Å²) >= 11 is 0. The molecule has 162 valence electrons. The number of hydrogen-bond donors (Lipinski definition) is 3. The molecule has 2 rings (SSSR count). The van der Waals surface area contributed by atoms with E-state index in [1.807, 2.05) is 26.0 Å². The van der Waals surface area contributed by atoms with Crippen molar-refractivity contribution in [3.05, 3.63) is 29.8 Å². The number of ether oxygens (including phenoxy) is 1. The smallest absolute Gasteiger partial charge is 0.221 e. The van der Waals surface area contributed by atoms with Crippen LogP contribution in [0.25, 0.3) is 0 Å². The molecule has 1 saturated heterocycles. The minimum absolute atomic E-state index is 0.0709. The molecule has 0 saturated carbocycles. The minimum atomic E-state index is 0.0709. The molecule has 1 aromatic rings. The molecule has 7 nitrogen and oxygen atoms in total. The third-order valence-corrected chi connectivity index (χ3v) is 5.04. The summed E-state index contributed by atoms with van der Waals surface area (Å²) in [5, 5.41) is 9.47. The zero-order chi connectivity index (χ0) is 20.9. The number of benzene rings is 1. The fourth-order valence-corrected chi connectivity index (χ4v) is 3.50. The number of hydrogen-bond acceptors (Lipinski definition) is 4. The zero-order valence-corrected chi connectivity index (χ0v) is 18.2. The largest absolute Gasteiger partial charge is 0.497 e. The van der Waals surface area contributed by atoms with Crippen molar-refractivity contribution in [3.63, 3.8) is 0 Å². The lowest BCUT2D eigenvalue weighted by molar-refractivity contribution is -0.120. The molecule has 1 amide bonds. The Hall–Kier alpha value is -2.28. The number of carbonyl (C=O) groups is 1. The highest BCUT2D eigenvalue weighted by Crippen LogP contribution is 2.27. The number of nitrogens with zero attached hydrogens (tertiary/aromatic N) is 2. The fourth-order valence-electron chi connectivity index (χ4n) is 3.50. The second kappa shape index (κ2) is 13.0. The van der Waals surface area contributed by atoms with Crippen LogP contribution in [-0.2, 0) is 4.79 Å². The SMILES string of the molecule is CCCNC(=O)CCNC(=NCC(c1cccc(OC)c1)N1CCCC1)NCC. The lowest BCUT2D eigenvalue weighted by Crippen LogP contribution is -2.40. The summed E-state index contributed by atoms with van der Waals surface area (Å²) in [5.41, 5.74) is 1.23. The van der Waals surface area contributed by atoms with Gasteiger partial charge in [0.05, 0.1) is 19.7 Å². The first-order valence-corrected chi connectivity index (χ1v) is 10.8. The molecular weight excluding hydrogens is 366 g/mol. The van der Waals surface area contributed by atoms with Gasteiger partial charge in [-0.1, -0.05) is 19.1 Å². The van der Waals surface area contributed by atoms with Crippen molar-refractivity contribution >= 4 is 11.9 Å². The molecule has 1 aromatic carbocycles. The van der Waals surface area contributed by atoms with E-state index in [1.165, 1.54) is 18.4 Å². The molecule has 0 radical (unpaired) electrons. The first-order chi connectivity index (χ1) is 14.2. The standard InChI is InChI=1S/C22H37N5O2/c1-4-12-24-21(28)11-13-25-22(23-5-2)26-17-20(27-14-6-7-15-27)18-9-8-10-19(16-18)29-3/h8-10,16,20H,4-7,11-15,17H2,1-3H3,(H,24,28)(H2,23,25,26). The number of guanidine groups is 1. The van der Waals surface area contributed by atoms with Crippen molar-refractivity contribution in [1.82, 2.24) is 20.9 Å². The number of nitrogens with one attached hydrogen (secondary N) is 3. The maximum absolute atomic E-state index is 11.8. The van der Waals surface area contributed by atoms with Crippen molar-refractivity contribution in [3.8, 4) is 5.75 Å². The Morgan fingerprint density at radius 2 is 1.97 bits per heavy atom. The van der Waals surface area contributed by atoms with Gasteiger partial charge in [0, 0.05) is 26.1 Å². The van der Waals surface area contributed by atoms with Crippen LogP contribution in [0.15, 0.2) is 29.3 Å². The van der Waals surface area contributed by atoms with E-state index in [2.05, 4.69) is 33.0 Å². The summed E-state index contributed by atoms with van der Waals surface area (Å²) in [7, 11) is 1.70. The summed E-state index contributed by atoms with van der Waals surface area (Å²) in [6.45, 7) is 9.02. The third-order valence-electron chi connectivity index (χ3n) is 5.04. The first-order valence-electron chi connectivity index (χ1n) is 10.8. The molecule has 1 unspecified atom stereocenters. The predicted molar refractivity (Wildman–Crippen MR) is 118 cm³/mol. The van der Waals surface area contributed by atoms with Crippen LogP contribution >= 0.6 is 0 Å². The molecule has 0 spiro atoms. The van der Waals surface area contributed by atoms with Gasteiger partial charge in [-0.15, -0.1) is 0 Å². The van der Waals surface area contributed by atoms with Crippen molar-refractivity contribution in [2.24, 2.45) is 4.99 Å². The fraction of sp³-hybridized carbons (Fsp3) is 0.636. The zero-order valence-electron chi connectivity index (χ0n) is 18.2. The molecule has 1 heterocycles. The Balaban J connectivity index is 2.02. The molecule has 0 bridgehead atoms. The van der Waals surface area contributed by atoms with Crippen LogP contribution in [-0.4, -0.2) is 63.1 Å². The molecule has 1 aliphatic rings. The van der Waals surface area contributed by atoms with Gasteiger partial charge in [0.2, 0.25) is 5.91 Å². The monoisotopic (exact) mass is 403 g/mol. The average Bonchev–Trinajstić information content (AvgIpc) is 3.27. The molecule has 0 aliphatic carbocycles. The van der Waals surface area contributed by atoms with E-state index < -0.39 is 0 Å². The van der Waals surface area contributed by atoms with Gasteiger partial charge in [-0.25, -0.2) is 0 Å². The van der Waals surface area contributed by atoms with E-state index >= 15 is 0 Å². The Kier molecular flexibility index (Phi) is 10.3. The maximum Gasteiger partial charge on any atom is 0.221 e. The number of likely N-dealkylation sites (tertiary alicyclic amines) is 1. The summed E-state index contributed by atoms with van der Waals surface area (Å²) in [4.78, 5) is 19.1. The number of rotatable bonds is 11. The van der Waals surface area contributed by atoms with Crippen LogP contribution in [0.4, 0.5) is 0 Å². The van der Waals surface area contributed by atoms with Gasteiger partial charge in [-0.2, -0.15) is 0 Å². The molecule has 1 aliphatic heterocycles. The molecular formula is C22H37N5O2. The van der Waals surface area contributed by atoms with Crippen LogP contribution < -0.4 is 20.7 Å². The maximum atomic E-state index is 11.8. The van der Waals surface area contributed by atoms with Crippen LogP contribution in [0, 0.1) is 0 Å². The van der Waals surface area contributed by atoms with E-state index in [9.17, 15) is 4.79 Å². The van der Waals surface area contributed by atoms with Gasteiger partial charge in [0.25, 0.3) is 0 Å². The van der Waals surface area contributed by atoms with E-state index in [1.54, 1.807) is 7.11 Å². The van der Waals surface area contributed by atoms with Crippen LogP contribution in [0.2, 0.25) is 0 Å². The van der Waals surface area contributed by atoms with Crippen LogP contribution in [0.1, 0.15) is 51.1 Å². The Morgan fingerprint density at radius 1 is 1.17 bits per heavy atom. The van der Waals surface area contributed by atoms with Crippen LogP contribution in [0.5, 0.6) is 5.75 Å². The Morgan fingerprint density at radius 3 is 2.66 bits per heavy atom. The quantitative estimate of drug-likeness (QED) is 0.390. The van der Waals surface area contributed by atoms with Gasteiger partial charge in [0.1, 0.15) is 5.75 Å². The van der Waals surface area contributed by atoms with Crippen molar-refractivity contribution in [2.75, 3.05) is 46.4 Å². The summed E-state index contributed by atoms with van der Waals surface area (Å²) < 4.78 is 5.42. The third kappa shape index (κ3) is 7.93. The average molecular weight is 404 g/mol. The van der Waals surface area contributed by atoms with E-state index in [0.29, 0.717) is 19.5 Å². The van der Waals surface area contributed by atoms with Gasteiger partial charge >= 0.3 is 0 Å².